The maximum absolute atomic E-state index is 8.78. The van der Waals surface area contributed by atoms with Crippen molar-refractivity contribution in [3.05, 3.63) is 23.8 Å². The van der Waals surface area contributed by atoms with E-state index >= 15 is 0 Å². The van der Waals surface area contributed by atoms with Gasteiger partial charge in [0.1, 0.15) is 0 Å². The maximum atomic E-state index is 8.78. The number of ether oxygens (including phenoxy) is 2. The second-order valence-electron chi connectivity index (χ2n) is 3.82. The summed E-state index contributed by atoms with van der Waals surface area (Å²) in [5.74, 6) is 1.43. The summed E-state index contributed by atoms with van der Waals surface area (Å²) in [6.45, 7) is 2.69. The molecule has 0 aliphatic rings. The lowest BCUT2D eigenvalue weighted by molar-refractivity contribution is 0.279. The third-order valence-corrected chi connectivity index (χ3v) is 2.59. The molecule has 0 unspecified atom stereocenters. The number of aliphatic hydroxyl groups excluding tert-OH is 1. The molecule has 0 saturated carbocycles. The van der Waals surface area contributed by atoms with Crippen molar-refractivity contribution in [3.63, 3.8) is 0 Å². The molecule has 5 heteroatoms. The molecule has 0 bridgehead atoms. The van der Waals surface area contributed by atoms with Gasteiger partial charge in [-0.3, -0.25) is 0 Å². The first kappa shape index (κ1) is 17.0. The highest BCUT2D eigenvalue weighted by Crippen LogP contribution is 2.30. The number of benzene rings is 1. The SMILES string of the molecule is CCOc1cc([C@@H](N)CCCO)ccc1OC.Cl. The monoisotopic (exact) mass is 275 g/mol. The third kappa shape index (κ3) is 4.72. The van der Waals surface area contributed by atoms with Crippen molar-refractivity contribution in [3.8, 4) is 11.5 Å². The van der Waals surface area contributed by atoms with Crippen LogP contribution in [0.1, 0.15) is 31.4 Å². The zero-order chi connectivity index (χ0) is 12.7. The molecule has 0 amide bonds. The largest absolute Gasteiger partial charge is 0.493 e. The summed E-state index contributed by atoms with van der Waals surface area (Å²) < 4.78 is 10.7. The van der Waals surface area contributed by atoms with Crippen LogP contribution in [0.2, 0.25) is 0 Å². The number of nitrogens with two attached hydrogens (primary N) is 1. The van der Waals surface area contributed by atoms with Crippen molar-refractivity contribution in [2.75, 3.05) is 20.3 Å². The molecular formula is C13H22ClNO3. The predicted molar refractivity (Wildman–Crippen MR) is 74.7 cm³/mol. The van der Waals surface area contributed by atoms with E-state index in [2.05, 4.69) is 0 Å². The summed E-state index contributed by atoms with van der Waals surface area (Å²) in [6.07, 6.45) is 1.46. The van der Waals surface area contributed by atoms with Gasteiger partial charge in [0.2, 0.25) is 0 Å². The maximum Gasteiger partial charge on any atom is 0.161 e. The highest BCUT2D eigenvalue weighted by Gasteiger charge is 2.10. The number of aliphatic hydroxyl groups is 1. The van der Waals surface area contributed by atoms with Crippen LogP contribution in [0.25, 0.3) is 0 Å². The minimum atomic E-state index is -0.0766. The number of methoxy groups -OCH3 is 1. The van der Waals surface area contributed by atoms with Gasteiger partial charge in [-0.25, -0.2) is 0 Å². The number of hydrogen-bond acceptors (Lipinski definition) is 4. The summed E-state index contributed by atoms with van der Waals surface area (Å²) >= 11 is 0. The third-order valence-electron chi connectivity index (χ3n) is 2.59. The fourth-order valence-electron chi connectivity index (χ4n) is 1.67. The van der Waals surface area contributed by atoms with Gasteiger partial charge in [0, 0.05) is 12.6 Å². The van der Waals surface area contributed by atoms with Gasteiger partial charge in [0.15, 0.2) is 11.5 Å². The van der Waals surface area contributed by atoms with Crippen LogP contribution in [0.3, 0.4) is 0 Å². The molecule has 104 valence electrons. The molecule has 0 fully saturated rings. The molecule has 0 aliphatic carbocycles. The van der Waals surface area contributed by atoms with Crippen molar-refractivity contribution in [2.24, 2.45) is 5.73 Å². The molecule has 0 spiro atoms. The molecule has 3 N–H and O–H groups in total. The number of rotatable bonds is 7. The Morgan fingerprint density at radius 3 is 2.61 bits per heavy atom. The zero-order valence-corrected chi connectivity index (χ0v) is 11.7. The number of halogens is 1. The van der Waals surface area contributed by atoms with E-state index in [0.29, 0.717) is 24.5 Å². The molecule has 0 saturated heterocycles. The minimum absolute atomic E-state index is 0. The lowest BCUT2D eigenvalue weighted by atomic mass is 10.0. The lowest BCUT2D eigenvalue weighted by Crippen LogP contribution is -2.11. The molecule has 1 rings (SSSR count). The van der Waals surface area contributed by atoms with E-state index in [0.717, 1.165) is 12.0 Å². The molecule has 0 heterocycles. The molecule has 0 aliphatic heterocycles. The average molecular weight is 276 g/mol. The molecule has 0 radical (unpaired) electrons. The van der Waals surface area contributed by atoms with Crippen molar-refractivity contribution in [1.29, 1.82) is 0 Å². The van der Waals surface area contributed by atoms with Crippen molar-refractivity contribution in [1.82, 2.24) is 0 Å². The van der Waals surface area contributed by atoms with E-state index in [-0.39, 0.29) is 25.1 Å². The molecule has 1 aromatic rings. The standard InChI is InChI=1S/C13H21NO3.ClH/c1-3-17-13-9-10(6-7-12(13)16-2)11(14)5-4-8-15;/h6-7,9,11,15H,3-5,8,14H2,1-2H3;1H/t11-;/m0./s1. The van der Waals surface area contributed by atoms with Crippen molar-refractivity contribution < 1.29 is 14.6 Å². The Morgan fingerprint density at radius 1 is 1.33 bits per heavy atom. The van der Waals surface area contributed by atoms with Crippen LogP contribution in [0.15, 0.2) is 18.2 Å². The number of hydrogen-bond donors (Lipinski definition) is 2. The summed E-state index contributed by atoms with van der Waals surface area (Å²) in [6, 6.07) is 5.62. The van der Waals surface area contributed by atoms with Crippen LogP contribution in [0.4, 0.5) is 0 Å². The normalized spacial score (nSPS) is 11.6. The summed E-state index contributed by atoms with van der Waals surface area (Å²) in [5, 5.41) is 8.78. The van der Waals surface area contributed by atoms with E-state index in [1.54, 1.807) is 7.11 Å². The van der Waals surface area contributed by atoms with Gasteiger partial charge in [0.05, 0.1) is 13.7 Å². The Labute approximate surface area is 115 Å². The first-order valence-corrected chi connectivity index (χ1v) is 5.90. The van der Waals surface area contributed by atoms with E-state index in [1.165, 1.54) is 0 Å². The van der Waals surface area contributed by atoms with Crippen molar-refractivity contribution in [2.45, 2.75) is 25.8 Å². The Hall–Kier alpha value is -0.970. The summed E-state index contributed by atoms with van der Waals surface area (Å²) in [7, 11) is 1.61. The van der Waals surface area contributed by atoms with Crippen molar-refractivity contribution >= 4 is 12.4 Å². The summed E-state index contributed by atoms with van der Waals surface area (Å²) in [5.41, 5.74) is 7.03. The fourth-order valence-corrected chi connectivity index (χ4v) is 1.67. The zero-order valence-electron chi connectivity index (χ0n) is 10.9. The molecular weight excluding hydrogens is 254 g/mol. The minimum Gasteiger partial charge on any atom is -0.493 e. The topological polar surface area (TPSA) is 64.7 Å². The molecule has 1 atom stereocenters. The van der Waals surface area contributed by atoms with E-state index in [9.17, 15) is 0 Å². The Balaban J connectivity index is 0.00000289. The Morgan fingerprint density at radius 2 is 2.06 bits per heavy atom. The van der Waals surface area contributed by atoms with Gasteiger partial charge in [-0.2, -0.15) is 0 Å². The van der Waals surface area contributed by atoms with Gasteiger partial charge in [0.25, 0.3) is 0 Å². The van der Waals surface area contributed by atoms with Gasteiger partial charge in [-0.15, -0.1) is 12.4 Å². The van der Waals surface area contributed by atoms with Gasteiger partial charge in [-0.05, 0) is 37.5 Å². The average Bonchev–Trinajstić information content (AvgIpc) is 2.36. The first-order valence-electron chi connectivity index (χ1n) is 5.90. The quantitative estimate of drug-likeness (QED) is 0.801. The highest BCUT2D eigenvalue weighted by atomic mass is 35.5. The second kappa shape index (κ2) is 9.03. The van der Waals surface area contributed by atoms with E-state index < -0.39 is 0 Å². The lowest BCUT2D eigenvalue weighted by Gasteiger charge is -2.15. The summed E-state index contributed by atoms with van der Waals surface area (Å²) in [4.78, 5) is 0. The van der Waals surface area contributed by atoms with Crippen LogP contribution >= 0.6 is 12.4 Å². The Bertz CT molecular complexity index is 347. The van der Waals surface area contributed by atoms with Crippen LogP contribution < -0.4 is 15.2 Å². The highest BCUT2D eigenvalue weighted by molar-refractivity contribution is 5.85. The van der Waals surface area contributed by atoms with Gasteiger partial charge >= 0.3 is 0 Å². The second-order valence-corrected chi connectivity index (χ2v) is 3.82. The Kier molecular flexibility index (Phi) is 8.54. The molecule has 4 nitrogen and oxygen atoms in total. The van der Waals surface area contributed by atoms with Crippen LogP contribution in [0.5, 0.6) is 11.5 Å². The van der Waals surface area contributed by atoms with Crippen LogP contribution in [-0.2, 0) is 0 Å². The van der Waals surface area contributed by atoms with Gasteiger partial charge in [-0.1, -0.05) is 6.07 Å². The smallest absolute Gasteiger partial charge is 0.161 e. The van der Waals surface area contributed by atoms with E-state index in [4.69, 9.17) is 20.3 Å². The van der Waals surface area contributed by atoms with Gasteiger partial charge < -0.3 is 20.3 Å². The molecule has 18 heavy (non-hydrogen) atoms. The molecule has 0 aromatic heterocycles. The van der Waals surface area contributed by atoms with Crippen LogP contribution in [-0.4, -0.2) is 25.4 Å². The fraction of sp³-hybridized carbons (Fsp3) is 0.538. The van der Waals surface area contributed by atoms with Crippen LogP contribution in [0, 0.1) is 0 Å². The first-order chi connectivity index (χ1) is 8.22. The molecule has 1 aromatic carbocycles. The van der Waals surface area contributed by atoms with E-state index in [1.807, 2.05) is 25.1 Å². The predicted octanol–water partition coefficient (Wildman–Crippen LogP) is 2.29.